The van der Waals surface area contributed by atoms with Crippen molar-refractivity contribution in [3.63, 3.8) is 0 Å². The van der Waals surface area contributed by atoms with Crippen LogP contribution in [-0.2, 0) is 11.3 Å². The van der Waals surface area contributed by atoms with Crippen LogP contribution in [0.3, 0.4) is 0 Å². The molecule has 1 atom stereocenters. The van der Waals surface area contributed by atoms with E-state index >= 15 is 0 Å². The molecule has 2 amide bonds. The largest absolute Gasteiger partial charge is 0.487 e. The fourth-order valence-electron chi connectivity index (χ4n) is 3.32. The van der Waals surface area contributed by atoms with Crippen molar-refractivity contribution in [1.82, 2.24) is 9.80 Å². The number of amides is 2. The Morgan fingerprint density at radius 3 is 2.71 bits per heavy atom. The molecule has 1 N–H and O–H groups in total. The molecule has 0 bridgehead atoms. The minimum atomic E-state index is -0.120. The molecule has 6 nitrogen and oxygen atoms in total. The molecule has 0 aliphatic carbocycles. The lowest BCUT2D eigenvalue weighted by Gasteiger charge is -2.26. The molecule has 0 spiro atoms. The highest BCUT2D eigenvalue weighted by Crippen LogP contribution is 2.25. The zero-order valence-corrected chi connectivity index (χ0v) is 16.6. The Bertz CT molecular complexity index is 752. The summed E-state index contributed by atoms with van der Waals surface area (Å²) < 4.78 is 11.6. The summed E-state index contributed by atoms with van der Waals surface area (Å²) in [5, 5.41) is 3.01. The molecule has 0 aromatic heterocycles. The minimum absolute atomic E-state index is 0.120. The van der Waals surface area contributed by atoms with Crippen LogP contribution in [-0.4, -0.2) is 62.8 Å². The predicted octanol–water partition coefficient (Wildman–Crippen LogP) is 3.31. The second kappa shape index (κ2) is 10.1. The number of carbonyl (C=O) groups excluding carboxylic acids is 1. The van der Waals surface area contributed by atoms with Crippen molar-refractivity contribution < 1.29 is 14.3 Å². The third kappa shape index (κ3) is 5.97. The van der Waals surface area contributed by atoms with Crippen molar-refractivity contribution in [3.05, 3.63) is 60.2 Å². The summed E-state index contributed by atoms with van der Waals surface area (Å²) in [6.45, 7) is 3.85. The number of hydrogen-bond acceptors (Lipinski definition) is 4. The smallest absolute Gasteiger partial charge is 0.322 e. The molecule has 1 aliphatic rings. The highest BCUT2D eigenvalue weighted by Gasteiger charge is 2.23. The average molecular weight is 383 g/mol. The van der Waals surface area contributed by atoms with Crippen molar-refractivity contribution in [1.29, 1.82) is 0 Å². The van der Waals surface area contributed by atoms with E-state index in [9.17, 15) is 4.79 Å². The Balaban J connectivity index is 1.63. The van der Waals surface area contributed by atoms with E-state index in [0.29, 0.717) is 50.3 Å². The number of urea groups is 1. The number of nitrogens with zero attached hydrogens (tertiary/aromatic N) is 2. The van der Waals surface area contributed by atoms with Gasteiger partial charge in [0.05, 0.1) is 18.9 Å². The molecule has 2 aromatic carbocycles. The number of benzene rings is 2. The lowest BCUT2D eigenvalue weighted by atomic mass is 10.1. The van der Waals surface area contributed by atoms with E-state index in [2.05, 4.69) is 10.2 Å². The maximum absolute atomic E-state index is 12.9. The van der Waals surface area contributed by atoms with Crippen LogP contribution >= 0.6 is 0 Å². The minimum Gasteiger partial charge on any atom is -0.487 e. The lowest BCUT2D eigenvalue weighted by Crippen LogP contribution is -2.41. The maximum atomic E-state index is 12.9. The first-order chi connectivity index (χ1) is 13.6. The number of ether oxygens (including phenoxy) is 2. The Morgan fingerprint density at radius 2 is 1.93 bits per heavy atom. The SMILES string of the molecule is CN(C)CC1COCCN(C(=O)Nc2ccccc2OCc2ccccc2)C1. The summed E-state index contributed by atoms with van der Waals surface area (Å²) in [6, 6.07) is 17.4. The zero-order valence-electron chi connectivity index (χ0n) is 16.6. The van der Waals surface area contributed by atoms with E-state index in [4.69, 9.17) is 9.47 Å². The quantitative estimate of drug-likeness (QED) is 0.832. The fraction of sp³-hybridized carbons (Fsp3) is 0.409. The lowest BCUT2D eigenvalue weighted by molar-refractivity contribution is 0.112. The molecule has 1 unspecified atom stereocenters. The van der Waals surface area contributed by atoms with Gasteiger partial charge in [-0.05, 0) is 31.8 Å². The first-order valence-electron chi connectivity index (χ1n) is 9.66. The first-order valence-corrected chi connectivity index (χ1v) is 9.66. The van der Waals surface area contributed by atoms with Gasteiger partial charge < -0.3 is 24.6 Å². The van der Waals surface area contributed by atoms with E-state index in [0.717, 1.165) is 12.1 Å². The number of anilines is 1. The van der Waals surface area contributed by atoms with Crippen LogP contribution in [0.25, 0.3) is 0 Å². The fourth-order valence-corrected chi connectivity index (χ4v) is 3.32. The third-order valence-electron chi connectivity index (χ3n) is 4.61. The summed E-state index contributed by atoms with van der Waals surface area (Å²) in [5.41, 5.74) is 1.76. The summed E-state index contributed by atoms with van der Waals surface area (Å²) in [7, 11) is 4.07. The van der Waals surface area contributed by atoms with Crippen LogP contribution in [0.2, 0.25) is 0 Å². The number of para-hydroxylation sites is 2. The van der Waals surface area contributed by atoms with E-state index in [1.165, 1.54) is 0 Å². The standard InChI is InChI=1S/C22H29N3O3/c1-24(2)14-19-15-25(12-13-27-16-19)22(26)23-20-10-6-7-11-21(20)28-17-18-8-4-3-5-9-18/h3-11,19H,12-17H2,1-2H3,(H,23,26). The molecular weight excluding hydrogens is 354 g/mol. The first kappa shape index (κ1) is 20.2. The van der Waals surface area contributed by atoms with Crippen molar-refractivity contribution in [2.45, 2.75) is 6.61 Å². The molecule has 0 radical (unpaired) electrons. The van der Waals surface area contributed by atoms with E-state index in [1.54, 1.807) is 0 Å². The van der Waals surface area contributed by atoms with Gasteiger partial charge in [0, 0.05) is 25.6 Å². The second-order valence-electron chi connectivity index (χ2n) is 7.35. The van der Waals surface area contributed by atoms with Gasteiger partial charge in [0.25, 0.3) is 0 Å². The van der Waals surface area contributed by atoms with Crippen LogP contribution in [0.4, 0.5) is 10.5 Å². The molecule has 1 saturated heterocycles. The van der Waals surface area contributed by atoms with E-state index in [1.807, 2.05) is 73.6 Å². The van der Waals surface area contributed by atoms with Gasteiger partial charge in [-0.3, -0.25) is 0 Å². The van der Waals surface area contributed by atoms with E-state index < -0.39 is 0 Å². The van der Waals surface area contributed by atoms with Crippen molar-refractivity contribution >= 4 is 11.7 Å². The van der Waals surface area contributed by atoms with Crippen LogP contribution in [0.15, 0.2) is 54.6 Å². The predicted molar refractivity (Wildman–Crippen MR) is 111 cm³/mol. The van der Waals surface area contributed by atoms with Crippen LogP contribution in [0.5, 0.6) is 5.75 Å². The summed E-state index contributed by atoms with van der Waals surface area (Å²) in [5.74, 6) is 0.962. The van der Waals surface area contributed by atoms with Crippen molar-refractivity contribution in [2.24, 2.45) is 5.92 Å². The average Bonchev–Trinajstić information content (AvgIpc) is 2.93. The topological polar surface area (TPSA) is 54.0 Å². The monoisotopic (exact) mass is 383 g/mol. The number of rotatable bonds is 6. The Labute approximate surface area is 167 Å². The highest BCUT2D eigenvalue weighted by atomic mass is 16.5. The number of hydrogen-bond donors (Lipinski definition) is 1. The van der Waals surface area contributed by atoms with Crippen LogP contribution < -0.4 is 10.1 Å². The normalized spacial score (nSPS) is 17.2. The molecule has 6 heteroatoms. The van der Waals surface area contributed by atoms with Gasteiger partial charge in [-0.2, -0.15) is 0 Å². The third-order valence-corrected chi connectivity index (χ3v) is 4.61. The van der Waals surface area contributed by atoms with Gasteiger partial charge in [-0.15, -0.1) is 0 Å². The summed E-state index contributed by atoms with van der Waals surface area (Å²) in [6.07, 6.45) is 0. The molecule has 28 heavy (non-hydrogen) atoms. The Kier molecular flexibility index (Phi) is 7.28. The molecule has 1 heterocycles. The van der Waals surface area contributed by atoms with Gasteiger partial charge in [-0.1, -0.05) is 42.5 Å². The zero-order chi connectivity index (χ0) is 19.8. The Morgan fingerprint density at radius 1 is 1.18 bits per heavy atom. The van der Waals surface area contributed by atoms with Gasteiger partial charge in [0.2, 0.25) is 0 Å². The summed E-state index contributed by atoms with van der Waals surface area (Å²) >= 11 is 0. The van der Waals surface area contributed by atoms with Crippen LogP contribution in [0.1, 0.15) is 5.56 Å². The maximum Gasteiger partial charge on any atom is 0.322 e. The van der Waals surface area contributed by atoms with Crippen molar-refractivity contribution in [3.8, 4) is 5.75 Å². The number of carbonyl (C=O) groups is 1. The molecule has 3 rings (SSSR count). The molecule has 0 saturated carbocycles. The molecule has 2 aromatic rings. The number of nitrogens with one attached hydrogen (secondary N) is 1. The molecule has 150 valence electrons. The summed E-state index contributed by atoms with van der Waals surface area (Å²) in [4.78, 5) is 16.8. The van der Waals surface area contributed by atoms with Crippen molar-refractivity contribution in [2.75, 3.05) is 52.3 Å². The van der Waals surface area contributed by atoms with E-state index in [-0.39, 0.29) is 6.03 Å². The van der Waals surface area contributed by atoms with Crippen LogP contribution in [0, 0.1) is 5.92 Å². The van der Waals surface area contributed by atoms with Gasteiger partial charge in [0.1, 0.15) is 12.4 Å². The van der Waals surface area contributed by atoms with Gasteiger partial charge >= 0.3 is 6.03 Å². The molecule has 1 aliphatic heterocycles. The second-order valence-corrected chi connectivity index (χ2v) is 7.35. The van der Waals surface area contributed by atoms with Gasteiger partial charge in [0.15, 0.2) is 0 Å². The van der Waals surface area contributed by atoms with Gasteiger partial charge in [-0.25, -0.2) is 4.79 Å². The highest BCUT2D eigenvalue weighted by molar-refractivity contribution is 5.91. The Hall–Kier alpha value is -2.57. The molecule has 1 fully saturated rings. The molecular formula is C22H29N3O3.